The van der Waals surface area contributed by atoms with Crippen molar-refractivity contribution in [3.63, 3.8) is 0 Å². The Morgan fingerprint density at radius 1 is 1.31 bits per heavy atom. The third-order valence-corrected chi connectivity index (χ3v) is 2.51. The van der Waals surface area contributed by atoms with Gasteiger partial charge in [0.25, 0.3) is 0 Å². The molecule has 0 radical (unpaired) electrons. The number of carbonyl (C=O) groups excluding carboxylic acids is 3. The molecule has 0 bridgehead atoms. The molecule has 0 aliphatic carbocycles. The van der Waals surface area contributed by atoms with Crippen molar-refractivity contribution in [1.82, 2.24) is 10.6 Å². The minimum absolute atomic E-state index is 0.0991. The second kappa shape index (κ2) is 6.81. The van der Waals surface area contributed by atoms with Gasteiger partial charge in [-0.3, -0.25) is 14.4 Å². The van der Waals surface area contributed by atoms with Gasteiger partial charge in [0.05, 0.1) is 0 Å². The lowest BCUT2D eigenvalue weighted by molar-refractivity contribution is -0.121. The van der Waals surface area contributed by atoms with E-state index in [0.29, 0.717) is 25.7 Å². The van der Waals surface area contributed by atoms with Crippen LogP contribution in [0.15, 0.2) is 0 Å². The summed E-state index contributed by atoms with van der Waals surface area (Å²) < 4.78 is 0. The van der Waals surface area contributed by atoms with Crippen LogP contribution >= 0.6 is 0 Å². The number of rotatable bonds is 8. The molecule has 0 saturated carbocycles. The molecule has 1 atom stereocenters. The Hall–Kier alpha value is -1.59. The van der Waals surface area contributed by atoms with Gasteiger partial charge in [-0.25, -0.2) is 0 Å². The molecule has 6 heteroatoms. The normalized spacial score (nSPS) is 13.6. The Bertz CT molecular complexity index is 268. The van der Waals surface area contributed by atoms with Crippen LogP contribution in [0, 0.1) is 0 Å². The SMILES string of the molecule is CNC(=O)CCC(C)(CCC(N)=O)NC=O. The predicted octanol–water partition coefficient (Wildman–Crippen LogP) is -0.717. The highest BCUT2D eigenvalue weighted by Gasteiger charge is 2.24. The van der Waals surface area contributed by atoms with Crippen LogP contribution < -0.4 is 16.4 Å². The van der Waals surface area contributed by atoms with E-state index in [-0.39, 0.29) is 12.3 Å². The Labute approximate surface area is 94.9 Å². The van der Waals surface area contributed by atoms with Crippen LogP contribution in [0.3, 0.4) is 0 Å². The topological polar surface area (TPSA) is 101 Å². The average Bonchev–Trinajstić information content (AvgIpc) is 2.24. The Morgan fingerprint density at radius 2 is 1.88 bits per heavy atom. The molecule has 0 aromatic rings. The quantitative estimate of drug-likeness (QED) is 0.479. The summed E-state index contributed by atoms with van der Waals surface area (Å²) in [5.41, 5.74) is 4.48. The predicted molar refractivity (Wildman–Crippen MR) is 59.3 cm³/mol. The minimum atomic E-state index is -0.566. The molecule has 92 valence electrons. The molecule has 0 aromatic carbocycles. The fourth-order valence-corrected chi connectivity index (χ4v) is 1.33. The maximum absolute atomic E-state index is 11.1. The lowest BCUT2D eigenvalue weighted by Gasteiger charge is -2.28. The maximum atomic E-state index is 11.1. The molecule has 0 aliphatic heterocycles. The van der Waals surface area contributed by atoms with E-state index in [1.807, 2.05) is 0 Å². The summed E-state index contributed by atoms with van der Waals surface area (Å²) >= 11 is 0. The summed E-state index contributed by atoms with van der Waals surface area (Å²) in [5, 5.41) is 5.12. The van der Waals surface area contributed by atoms with E-state index in [1.165, 1.54) is 0 Å². The van der Waals surface area contributed by atoms with E-state index in [4.69, 9.17) is 5.73 Å². The van der Waals surface area contributed by atoms with Gasteiger partial charge in [0.15, 0.2) is 0 Å². The molecule has 0 fully saturated rings. The fourth-order valence-electron chi connectivity index (χ4n) is 1.33. The second-order valence-electron chi connectivity index (χ2n) is 3.96. The van der Waals surface area contributed by atoms with Crippen LogP contribution in [0.2, 0.25) is 0 Å². The highest BCUT2D eigenvalue weighted by molar-refractivity contribution is 5.76. The van der Waals surface area contributed by atoms with E-state index in [0.717, 1.165) is 0 Å². The van der Waals surface area contributed by atoms with Crippen molar-refractivity contribution in [2.24, 2.45) is 5.73 Å². The first-order chi connectivity index (χ1) is 7.43. The van der Waals surface area contributed by atoms with Gasteiger partial charge in [0, 0.05) is 25.4 Å². The number of hydrogen-bond acceptors (Lipinski definition) is 3. The third-order valence-electron chi connectivity index (χ3n) is 2.51. The maximum Gasteiger partial charge on any atom is 0.219 e. The highest BCUT2D eigenvalue weighted by Crippen LogP contribution is 2.18. The van der Waals surface area contributed by atoms with Crippen LogP contribution in [-0.2, 0) is 14.4 Å². The van der Waals surface area contributed by atoms with Gasteiger partial charge in [0.2, 0.25) is 18.2 Å². The number of amides is 3. The lowest BCUT2D eigenvalue weighted by Crippen LogP contribution is -2.43. The van der Waals surface area contributed by atoms with Crippen molar-refractivity contribution < 1.29 is 14.4 Å². The molecular formula is C10H19N3O3. The standard InChI is InChI=1S/C10H19N3O3/c1-10(13-7-14,5-3-8(11)15)6-4-9(16)12-2/h7H,3-6H2,1-2H3,(H2,11,15)(H,12,16)(H,13,14). The van der Waals surface area contributed by atoms with E-state index in [9.17, 15) is 14.4 Å². The number of primary amides is 1. The van der Waals surface area contributed by atoms with Crippen molar-refractivity contribution in [2.45, 2.75) is 38.1 Å². The van der Waals surface area contributed by atoms with Gasteiger partial charge >= 0.3 is 0 Å². The van der Waals surface area contributed by atoms with Gasteiger partial charge in [0.1, 0.15) is 0 Å². The van der Waals surface area contributed by atoms with Gasteiger partial charge < -0.3 is 16.4 Å². The van der Waals surface area contributed by atoms with Crippen LogP contribution in [0.1, 0.15) is 32.6 Å². The molecule has 0 saturated heterocycles. The van der Waals surface area contributed by atoms with E-state index in [1.54, 1.807) is 14.0 Å². The Morgan fingerprint density at radius 3 is 2.31 bits per heavy atom. The zero-order valence-electron chi connectivity index (χ0n) is 9.71. The first kappa shape index (κ1) is 14.4. The minimum Gasteiger partial charge on any atom is -0.370 e. The zero-order chi connectivity index (χ0) is 12.6. The van der Waals surface area contributed by atoms with Crippen LogP contribution in [0.5, 0.6) is 0 Å². The highest BCUT2D eigenvalue weighted by atomic mass is 16.2. The van der Waals surface area contributed by atoms with Crippen molar-refractivity contribution >= 4 is 18.2 Å². The van der Waals surface area contributed by atoms with E-state index in [2.05, 4.69) is 10.6 Å². The molecule has 6 nitrogen and oxygen atoms in total. The third kappa shape index (κ3) is 6.00. The van der Waals surface area contributed by atoms with Crippen molar-refractivity contribution in [2.75, 3.05) is 7.05 Å². The number of carbonyl (C=O) groups is 3. The summed E-state index contributed by atoms with van der Waals surface area (Å²) in [4.78, 5) is 32.2. The molecule has 0 aromatic heterocycles. The number of nitrogens with two attached hydrogens (primary N) is 1. The summed E-state index contributed by atoms with van der Waals surface area (Å²) in [7, 11) is 1.55. The first-order valence-electron chi connectivity index (χ1n) is 5.14. The van der Waals surface area contributed by atoms with Crippen LogP contribution in [0.4, 0.5) is 0 Å². The first-order valence-corrected chi connectivity index (χ1v) is 5.14. The summed E-state index contributed by atoms with van der Waals surface area (Å²) in [6.07, 6.45) is 1.96. The molecule has 0 rings (SSSR count). The molecule has 0 spiro atoms. The molecule has 0 heterocycles. The van der Waals surface area contributed by atoms with Crippen LogP contribution in [0.25, 0.3) is 0 Å². The fraction of sp³-hybridized carbons (Fsp3) is 0.700. The summed E-state index contributed by atoms with van der Waals surface area (Å²) in [6, 6.07) is 0. The number of hydrogen-bond donors (Lipinski definition) is 3. The molecule has 4 N–H and O–H groups in total. The van der Waals surface area contributed by atoms with E-state index < -0.39 is 11.4 Å². The second-order valence-corrected chi connectivity index (χ2v) is 3.96. The Kier molecular flexibility index (Phi) is 6.14. The van der Waals surface area contributed by atoms with E-state index >= 15 is 0 Å². The summed E-state index contributed by atoms with van der Waals surface area (Å²) in [6.45, 7) is 1.78. The molecule has 1 unspecified atom stereocenters. The molecule has 16 heavy (non-hydrogen) atoms. The summed E-state index contributed by atoms with van der Waals surface area (Å²) in [5.74, 6) is -0.517. The Balaban J connectivity index is 4.25. The molecule has 0 aliphatic rings. The zero-order valence-corrected chi connectivity index (χ0v) is 9.71. The van der Waals surface area contributed by atoms with Gasteiger partial charge in [-0.2, -0.15) is 0 Å². The molecular weight excluding hydrogens is 210 g/mol. The van der Waals surface area contributed by atoms with Crippen LogP contribution in [-0.4, -0.2) is 30.8 Å². The largest absolute Gasteiger partial charge is 0.370 e. The lowest BCUT2D eigenvalue weighted by atomic mass is 9.90. The monoisotopic (exact) mass is 229 g/mol. The van der Waals surface area contributed by atoms with Crippen molar-refractivity contribution in [3.05, 3.63) is 0 Å². The molecule has 3 amide bonds. The van der Waals surface area contributed by atoms with Crippen molar-refractivity contribution in [1.29, 1.82) is 0 Å². The number of nitrogens with one attached hydrogen (secondary N) is 2. The van der Waals surface area contributed by atoms with Gasteiger partial charge in [-0.1, -0.05) is 0 Å². The van der Waals surface area contributed by atoms with Gasteiger partial charge in [-0.05, 0) is 19.8 Å². The average molecular weight is 229 g/mol. The van der Waals surface area contributed by atoms with Crippen molar-refractivity contribution in [3.8, 4) is 0 Å². The smallest absolute Gasteiger partial charge is 0.219 e. The van der Waals surface area contributed by atoms with Gasteiger partial charge in [-0.15, -0.1) is 0 Å².